The van der Waals surface area contributed by atoms with Crippen molar-refractivity contribution in [2.75, 3.05) is 6.61 Å². The third-order valence-electron chi connectivity index (χ3n) is 8.01. The Morgan fingerprint density at radius 2 is 1.70 bits per heavy atom. The molecule has 4 heterocycles. The van der Waals surface area contributed by atoms with Crippen molar-refractivity contribution in [1.29, 1.82) is 0 Å². The number of aromatic nitrogens is 8. The summed E-state index contributed by atoms with van der Waals surface area (Å²) < 4.78 is 11.1. The number of aromatic amines is 1. The SMILES string of the molecule is CCOc1ccc(-n2c(=O)c3ccc(Cl)cc3n3c(CSc4nnc(-c5c[nH]c6ccccc56)n4-c4cccc(C)c4)nnc23)cc1. The number of hydrogen-bond acceptors (Lipinski definition) is 7. The van der Waals surface area contributed by atoms with Gasteiger partial charge in [0.25, 0.3) is 5.56 Å². The van der Waals surface area contributed by atoms with E-state index in [1.54, 1.807) is 22.8 Å². The summed E-state index contributed by atoms with van der Waals surface area (Å²) in [7, 11) is 0. The molecule has 8 rings (SSSR count). The summed E-state index contributed by atoms with van der Waals surface area (Å²) >= 11 is 7.94. The van der Waals surface area contributed by atoms with E-state index in [9.17, 15) is 4.79 Å². The Labute approximate surface area is 277 Å². The second-order valence-electron chi connectivity index (χ2n) is 11.0. The van der Waals surface area contributed by atoms with Gasteiger partial charge in [0.05, 0.1) is 29.0 Å². The van der Waals surface area contributed by atoms with Gasteiger partial charge in [0.15, 0.2) is 11.0 Å². The maximum absolute atomic E-state index is 13.9. The highest BCUT2D eigenvalue weighted by Gasteiger charge is 2.22. The van der Waals surface area contributed by atoms with E-state index >= 15 is 0 Å². The minimum atomic E-state index is -0.220. The second kappa shape index (κ2) is 11.8. The minimum absolute atomic E-state index is 0.220. The van der Waals surface area contributed by atoms with Crippen molar-refractivity contribution in [2.24, 2.45) is 0 Å². The molecule has 0 unspecified atom stereocenters. The Morgan fingerprint density at radius 1 is 0.851 bits per heavy atom. The highest BCUT2D eigenvalue weighted by atomic mass is 35.5. The molecule has 0 bridgehead atoms. The second-order valence-corrected chi connectivity index (χ2v) is 12.4. The highest BCUT2D eigenvalue weighted by Crippen LogP contribution is 2.34. The van der Waals surface area contributed by atoms with Crippen LogP contribution in [0.5, 0.6) is 5.75 Å². The van der Waals surface area contributed by atoms with Crippen molar-refractivity contribution in [3.8, 4) is 28.5 Å². The summed E-state index contributed by atoms with van der Waals surface area (Å²) in [6.07, 6.45) is 1.97. The lowest BCUT2D eigenvalue weighted by molar-refractivity contribution is 0.340. The average molecular weight is 659 g/mol. The van der Waals surface area contributed by atoms with Crippen LogP contribution in [0.15, 0.2) is 107 Å². The van der Waals surface area contributed by atoms with E-state index in [4.69, 9.17) is 16.3 Å². The van der Waals surface area contributed by atoms with Crippen LogP contribution in [-0.4, -0.2) is 45.5 Å². The Bertz CT molecular complexity index is 2500. The van der Waals surface area contributed by atoms with Crippen LogP contribution >= 0.6 is 23.4 Å². The van der Waals surface area contributed by atoms with Crippen LogP contribution in [0.3, 0.4) is 0 Å². The number of benzene rings is 4. The van der Waals surface area contributed by atoms with E-state index in [1.165, 1.54) is 11.8 Å². The molecule has 0 aliphatic rings. The van der Waals surface area contributed by atoms with Crippen LogP contribution in [0.4, 0.5) is 0 Å². The van der Waals surface area contributed by atoms with Gasteiger partial charge in [-0.05, 0) is 80.1 Å². The van der Waals surface area contributed by atoms with E-state index < -0.39 is 0 Å². The van der Waals surface area contributed by atoms with Crippen molar-refractivity contribution in [1.82, 2.24) is 38.9 Å². The predicted octanol–water partition coefficient (Wildman–Crippen LogP) is 7.42. The minimum Gasteiger partial charge on any atom is -0.494 e. The van der Waals surface area contributed by atoms with Crippen LogP contribution in [-0.2, 0) is 5.75 Å². The fourth-order valence-corrected chi connectivity index (χ4v) is 6.92. The third-order valence-corrected chi connectivity index (χ3v) is 9.17. The Morgan fingerprint density at radius 3 is 2.53 bits per heavy atom. The van der Waals surface area contributed by atoms with Crippen LogP contribution in [0, 0.1) is 6.92 Å². The normalized spacial score (nSPS) is 11.6. The van der Waals surface area contributed by atoms with Gasteiger partial charge in [-0.3, -0.25) is 13.8 Å². The Kier molecular flexibility index (Phi) is 7.27. The molecule has 0 spiro atoms. The number of ether oxygens (including phenoxy) is 1. The Balaban J connectivity index is 1.25. The van der Waals surface area contributed by atoms with E-state index in [0.29, 0.717) is 50.7 Å². The lowest BCUT2D eigenvalue weighted by Crippen LogP contribution is -2.22. The monoisotopic (exact) mass is 658 g/mol. The number of nitrogens with one attached hydrogen (secondary N) is 1. The quantitative estimate of drug-likeness (QED) is 0.169. The maximum atomic E-state index is 13.9. The largest absolute Gasteiger partial charge is 0.494 e. The molecule has 47 heavy (non-hydrogen) atoms. The van der Waals surface area contributed by atoms with Crippen LogP contribution < -0.4 is 10.3 Å². The molecular formula is C35H27ClN8O2S. The first kappa shape index (κ1) is 29.0. The van der Waals surface area contributed by atoms with Gasteiger partial charge < -0.3 is 9.72 Å². The number of nitrogens with zero attached hydrogens (tertiary/aromatic N) is 7. The van der Waals surface area contributed by atoms with E-state index in [-0.39, 0.29) is 5.56 Å². The molecular weight excluding hydrogens is 632 g/mol. The summed E-state index contributed by atoms with van der Waals surface area (Å²) in [5, 5.41) is 21.2. The molecule has 0 saturated carbocycles. The zero-order chi connectivity index (χ0) is 32.1. The molecule has 10 nitrogen and oxygen atoms in total. The fourth-order valence-electron chi connectivity index (χ4n) is 5.89. The fraction of sp³-hybridized carbons (Fsp3) is 0.114. The van der Waals surface area contributed by atoms with Gasteiger partial charge in [0, 0.05) is 33.4 Å². The van der Waals surface area contributed by atoms with Gasteiger partial charge in [0.2, 0.25) is 5.78 Å². The maximum Gasteiger partial charge on any atom is 0.267 e. The van der Waals surface area contributed by atoms with Gasteiger partial charge in [0.1, 0.15) is 11.6 Å². The zero-order valence-corrected chi connectivity index (χ0v) is 27.0. The molecule has 0 amide bonds. The average Bonchev–Trinajstić information content (AvgIpc) is 3.81. The summed E-state index contributed by atoms with van der Waals surface area (Å²) in [6.45, 7) is 4.54. The molecule has 0 atom stereocenters. The number of para-hydroxylation sites is 1. The lowest BCUT2D eigenvalue weighted by atomic mass is 10.1. The number of hydrogen-bond donors (Lipinski definition) is 1. The number of H-pyrrole nitrogens is 1. The summed E-state index contributed by atoms with van der Waals surface area (Å²) in [5.74, 6) is 2.84. The highest BCUT2D eigenvalue weighted by molar-refractivity contribution is 7.98. The number of fused-ring (bicyclic) bond motifs is 4. The van der Waals surface area contributed by atoms with Gasteiger partial charge in [-0.15, -0.1) is 20.4 Å². The molecule has 0 saturated heterocycles. The number of aryl methyl sites for hydroxylation is 1. The van der Waals surface area contributed by atoms with Gasteiger partial charge in [-0.1, -0.05) is 53.7 Å². The third kappa shape index (κ3) is 5.04. The lowest BCUT2D eigenvalue weighted by Gasteiger charge is -2.13. The molecule has 0 aliphatic carbocycles. The number of thioether (sulfide) groups is 1. The van der Waals surface area contributed by atoms with Crippen molar-refractivity contribution in [2.45, 2.75) is 24.8 Å². The van der Waals surface area contributed by atoms with Crippen molar-refractivity contribution >= 4 is 50.9 Å². The van der Waals surface area contributed by atoms with Gasteiger partial charge in [-0.2, -0.15) is 0 Å². The van der Waals surface area contributed by atoms with Gasteiger partial charge >= 0.3 is 0 Å². The molecule has 1 N–H and O–H groups in total. The number of halogens is 1. The smallest absolute Gasteiger partial charge is 0.267 e. The van der Waals surface area contributed by atoms with Crippen molar-refractivity contribution in [3.63, 3.8) is 0 Å². The first-order valence-corrected chi connectivity index (χ1v) is 16.4. The molecule has 4 aromatic carbocycles. The van der Waals surface area contributed by atoms with E-state index in [1.807, 2.05) is 66.1 Å². The van der Waals surface area contributed by atoms with Crippen molar-refractivity contribution < 1.29 is 4.74 Å². The molecule has 4 aromatic heterocycles. The molecule has 8 aromatic rings. The molecule has 0 aliphatic heterocycles. The van der Waals surface area contributed by atoms with Crippen LogP contribution in [0.25, 0.3) is 50.3 Å². The predicted molar refractivity (Wildman–Crippen MR) is 185 cm³/mol. The summed E-state index contributed by atoms with van der Waals surface area (Å²) in [5.41, 5.74) is 5.10. The van der Waals surface area contributed by atoms with Gasteiger partial charge in [-0.25, -0.2) is 4.57 Å². The summed E-state index contributed by atoms with van der Waals surface area (Å²) in [4.78, 5) is 17.2. The zero-order valence-electron chi connectivity index (χ0n) is 25.4. The standard InChI is InChI=1S/C35H27ClN8O2S/c1-3-46-25-14-12-23(13-15-25)43-33(45)27-16-11-22(36)18-30(27)44-31(38-40-34(43)44)20-47-35-41-39-32(42(35)24-8-6-7-21(2)17-24)28-19-37-29-10-5-4-9-26(28)29/h4-19,37H,3,20H2,1-2H3. The van der Waals surface area contributed by atoms with Crippen LogP contribution in [0.1, 0.15) is 18.3 Å². The van der Waals surface area contributed by atoms with E-state index in [2.05, 4.69) is 61.1 Å². The van der Waals surface area contributed by atoms with Crippen LogP contribution in [0.2, 0.25) is 5.02 Å². The van der Waals surface area contributed by atoms with E-state index in [0.717, 1.165) is 39.3 Å². The Hall–Kier alpha value is -5.39. The first-order valence-electron chi connectivity index (χ1n) is 15.0. The molecule has 232 valence electrons. The molecule has 12 heteroatoms. The number of rotatable bonds is 8. The first-order chi connectivity index (χ1) is 23.0. The molecule has 0 radical (unpaired) electrons. The topological polar surface area (TPSA) is 108 Å². The van der Waals surface area contributed by atoms with Crippen molar-refractivity contribution in [3.05, 3.63) is 124 Å². The summed E-state index contributed by atoms with van der Waals surface area (Å²) in [6, 6.07) is 29.0. The molecule has 0 fully saturated rings.